The van der Waals surface area contributed by atoms with E-state index in [1.807, 2.05) is 0 Å². The monoisotopic (exact) mass is 338 g/mol. The van der Waals surface area contributed by atoms with E-state index in [9.17, 15) is 14.5 Å². The van der Waals surface area contributed by atoms with E-state index < -0.39 is 4.92 Å². The van der Waals surface area contributed by atoms with Crippen LogP contribution < -0.4 is 5.32 Å². The van der Waals surface area contributed by atoms with Gasteiger partial charge in [-0.25, -0.2) is 4.39 Å². The first-order valence-corrected chi connectivity index (χ1v) is 6.69. The van der Waals surface area contributed by atoms with Crippen molar-refractivity contribution in [2.75, 3.05) is 5.32 Å². The normalized spacial score (nSPS) is 10.3. The quantitative estimate of drug-likeness (QED) is 0.663. The molecule has 4 nitrogen and oxygen atoms in total. The minimum atomic E-state index is -0.418. The predicted molar refractivity (Wildman–Crippen MR) is 79.3 cm³/mol. The highest BCUT2D eigenvalue weighted by atomic mass is 79.9. The molecule has 0 heterocycles. The zero-order valence-electron chi connectivity index (χ0n) is 10.7. The molecule has 2 aromatic rings. The van der Waals surface area contributed by atoms with E-state index in [4.69, 9.17) is 0 Å². The van der Waals surface area contributed by atoms with Crippen molar-refractivity contribution in [1.29, 1.82) is 0 Å². The first-order chi connectivity index (χ1) is 9.47. The van der Waals surface area contributed by atoms with Crippen molar-refractivity contribution in [2.24, 2.45) is 0 Å². The lowest BCUT2D eigenvalue weighted by molar-refractivity contribution is -0.385. The summed E-state index contributed by atoms with van der Waals surface area (Å²) in [5.41, 5.74) is 1.76. The van der Waals surface area contributed by atoms with Crippen molar-refractivity contribution >= 4 is 27.3 Å². The molecule has 2 rings (SSSR count). The molecule has 0 aliphatic carbocycles. The summed E-state index contributed by atoms with van der Waals surface area (Å²) in [4.78, 5) is 10.4. The van der Waals surface area contributed by atoms with Crippen molar-refractivity contribution in [3.05, 3.63) is 67.9 Å². The highest BCUT2D eigenvalue weighted by Gasteiger charge is 2.11. The van der Waals surface area contributed by atoms with Crippen LogP contribution in [0.2, 0.25) is 0 Å². The van der Waals surface area contributed by atoms with Gasteiger partial charge in [0.25, 0.3) is 5.69 Å². The molecule has 0 spiro atoms. The van der Waals surface area contributed by atoms with Crippen LogP contribution in [0.4, 0.5) is 15.8 Å². The third kappa shape index (κ3) is 3.33. The summed E-state index contributed by atoms with van der Waals surface area (Å²) < 4.78 is 14.3. The van der Waals surface area contributed by atoms with Crippen molar-refractivity contribution in [2.45, 2.75) is 13.5 Å². The smallest absolute Gasteiger partial charge is 0.272 e. The number of nitro groups is 1. The number of benzene rings is 2. The van der Waals surface area contributed by atoms with Gasteiger partial charge in [0.05, 0.1) is 10.6 Å². The Morgan fingerprint density at radius 2 is 2.05 bits per heavy atom. The zero-order chi connectivity index (χ0) is 14.7. The molecule has 0 bridgehead atoms. The number of anilines is 1. The van der Waals surface area contributed by atoms with Gasteiger partial charge in [0.15, 0.2) is 0 Å². The molecule has 0 unspecified atom stereocenters. The van der Waals surface area contributed by atoms with Gasteiger partial charge < -0.3 is 5.32 Å². The van der Waals surface area contributed by atoms with Crippen LogP contribution in [-0.4, -0.2) is 4.92 Å². The number of aryl methyl sites for hydroxylation is 1. The molecule has 20 heavy (non-hydrogen) atoms. The van der Waals surface area contributed by atoms with Gasteiger partial charge in [-0.15, -0.1) is 0 Å². The summed E-state index contributed by atoms with van der Waals surface area (Å²) in [5, 5.41) is 13.8. The minimum absolute atomic E-state index is 0.0700. The molecular formula is C14H12BrFN2O2. The standard InChI is InChI=1S/C14H12BrFN2O2/c1-9-2-3-10(6-14(9)18(19)20)8-17-13-5-4-11(15)7-12(13)16/h2-7,17H,8H2,1H3. The summed E-state index contributed by atoms with van der Waals surface area (Å²) in [7, 11) is 0. The molecule has 0 radical (unpaired) electrons. The highest BCUT2D eigenvalue weighted by molar-refractivity contribution is 9.10. The van der Waals surface area contributed by atoms with Gasteiger partial charge in [-0.3, -0.25) is 10.1 Å². The molecular weight excluding hydrogens is 327 g/mol. The van der Waals surface area contributed by atoms with Crippen LogP contribution in [0.25, 0.3) is 0 Å². The van der Waals surface area contributed by atoms with Gasteiger partial charge in [-0.1, -0.05) is 28.1 Å². The van der Waals surface area contributed by atoms with Gasteiger partial charge in [0.1, 0.15) is 5.82 Å². The zero-order valence-corrected chi connectivity index (χ0v) is 12.3. The summed E-state index contributed by atoms with van der Waals surface area (Å²) in [6, 6.07) is 9.67. The molecule has 0 aliphatic rings. The SMILES string of the molecule is Cc1ccc(CNc2ccc(Br)cc2F)cc1[N+](=O)[O-]. The number of nitro benzene ring substituents is 1. The van der Waals surface area contributed by atoms with E-state index in [0.717, 1.165) is 5.56 Å². The van der Waals surface area contributed by atoms with Gasteiger partial charge in [-0.05, 0) is 30.7 Å². The minimum Gasteiger partial charge on any atom is -0.379 e. The Hall–Kier alpha value is -1.95. The maximum absolute atomic E-state index is 13.6. The maximum atomic E-state index is 13.6. The van der Waals surface area contributed by atoms with Crippen molar-refractivity contribution in [1.82, 2.24) is 0 Å². The Kier molecular flexibility index (Phi) is 4.34. The Labute approximate surface area is 123 Å². The summed E-state index contributed by atoms with van der Waals surface area (Å²) >= 11 is 3.18. The van der Waals surface area contributed by atoms with E-state index >= 15 is 0 Å². The first-order valence-electron chi connectivity index (χ1n) is 5.90. The van der Waals surface area contributed by atoms with E-state index in [0.29, 0.717) is 22.3 Å². The van der Waals surface area contributed by atoms with Gasteiger partial charge in [-0.2, -0.15) is 0 Å². The fourth-order valence-corrected chi connectivity index (χ4v) is 2.12. The number of nitrogens with one attached hydrogen (secondary N) is 1. The lowest BCUT2D eigenvalue weighted by atomic mass is 10.1. The molecule has 1 N–H and O–H groups in total. The molecule has 0 amide bonds. The van der Waals surface area contributed by atoms with Crippen LogP contribution in [0.5, 0.6) is 0 Å². The van der Waals surface area contributed by atoms with Crippen molar-refractivity contribution < 1.29 is 9.31 Å². The van der Waals surface area contributed by atoms with E-state index in [1.54, 1.807) is 31.2 Å². The van der Waals surface area contributed by atoms with Crippen LogP contribution in [-0.2, 0) is 6.54 Å². The maximum Gasteiger partial charge on any atom is 0.272 e. The second-order valence-electron chi connectivity index (χ2n) is 4.36. The summed E-state index contributed by atoms with van der Waals surface area (Å²) in [6.45, 7) is 2.00. The summed E-state index contributed by atoms with van der Waals surface area (Å²) in [6.07, 6.45) is 0. The number of rotatable bonds is 4. The van der Waals surface area contributed by atoms with Gasteiger partial charge in [0.2, 0.25) is 0 Å². The Morgan fingerprint density at radius 3 is 2.70 bits per heavy atom. The average Bonchev–Trinajstić information content (AvgIpc) is 2.39. The Bertz CT molecular complexity index is 662. The number of halogens is 2. The fraction of sp³-hybridized carbons (Fsp3) is 0.143. The molecule has 0 aliphatic heterocycles. The number of hydrogen-bond donors (Lipinski definition) is 1. The van der Waals surface area contributed by atoms with Gasteiger partial charge >= 0.3 is 0 Å². The second kappa shape index (κ2) is 6.00. The molecule has 0 atom stereocenters. The number of hydrogen-bond acceptors (Lipinski definition) is 3. The molecule has 2 aromatic carbocycles. The van der Waals surface area contributed by atoms with Crippen LogP contribution in [0.3, 0.4) is 0 Å². The van der Waals surface area contributed by atoms with E-state index in [2.05, 4.69) is 21.2 Å². The average molecular weight is 339 g/mol. The van der Waals surface area contributed by atoms with Crippen LogP contribution in [0, 0.1) is 22.9 Å². The highest BCUT2D eigenvalue weighted by Crippen LogP contribution is 2.22. The Balaban J connectivity index is 2.15. The molecule has 0 fully saturated rings. The fourth-order valence-electron chi connectivity index (χ4n) is 1.79. The topological polar surface area (TPSA) is 55.2 Å². The molecule has 0 saturated carbocycles. The van der Waals surface area contributed by atoms with Crippen LogP contribution in [0.1, 0.15) is 11.1 Å². The van der Waals surface area contributed by atoms with Gasteiger partial charge in [0, 0.05) is 22.6 Å². The van der Waals surface area contributed by atoms with Crippen LogP contribution in [0.15, 0.2) is 40.9 Å². The van der Waals surface area contributed by atoms with Crippen molar-refractivity contribution in [3.8, 4) is 0 Å². The molecule has 0 aromatic heterocycles. The van der Waals surface area contributed by atoms with Crippen molar-refractivity contribution in [3.63, 3.8) is 0 Å². The third-order valence-electron chi connectivity index (χ3n) is 2.88. The number of nitrogens with zero attached hydrogens (tertiary/aromatic N) is 1. The van der Waals surface area contributed by atoms with E-state index in [-0.39, 0.29) is 11.5 Å². The molecule has 6 heteroatoms. The lowest BCUT2D eigenvalue weighted by Crippen LogP contribution is -2.02. The summed E-state index contributed by atoms with van der Waals surface area (Å²) in [5.74, 6) is -0.374. The molecule has 104 valence electrons. The second-order valence-corrected chi connectivity index (χ2v) is 5.27. The van der Waals surface area contributed by atoms with E-state index in [1.165, 1.54) is 12.1 Å². The Morgan fingerprint density at radius 1 is 1.30 bits per heavy atom. The predicted octanol–water partition coefficient (Wildman–Crippen LogP) is 4.42. The third-order valence-corrected chi connectivity index (χ3v) is 3.38. The first kappa shape index (κ1) is 14.5. The lowest BCUT2D eigenvalue weighted by Gasteiger charge is -2.08. The van der Waals surface area contributed by atoms with Crippen LogP contribution >= 0.6 is 15.9 Å². The molecule has 0 saturated heterocycles. The largest absolute Gasteiger partial charge is 0.379 e.